The average Bonchev–Trinajstić information content (AvgIpc) is 2.11. The van der Waals surface area contributed by atoms with E-state index in [0.29, 0.717) is 12.8 Å². The lowest BCUT2D eigenvalue weighted by molar-refractivity contribution is -0.128. The van der Waals surface area contributed by atoms with Crippen LogP contribution in [0.4, 0.5) is 4.79 Å². The van der Waals surface area contributed by atoms with Gasteiger partial charge in [-0.2, -0.15) is 0 Å². The predicted molar refractivity (Wildman–Crippen MR) is 67.4 cm³/mol. The fraction of sp³-hybridized carbons (Fsp3) is 0.846. The van der Waals surface area contributed by atoms with Gasteiger partial charge in [0.25, 0.3) is 0 Å². The summed E-state index contributed by atoms with van der Waals surface area (Å²) in [4.78, 5) is 27.8. The molecule has 2 bridgehead atoms. The molecule has 2 aliphatic heterocycles. The van der Waals surface area contributed by atoms with Gasteiger partial charge >= 0.3 is 6.09 Å². The van der Waals surface area contributed by atoms with Crippen LogP contribution in [0.5, 0.6) is 0 Å². The van der Waals surface area contributed by atoms with Crippen LogP contribution < -0.4 is 0 Å². The molecule has 0 radical (unpaired) electrons. The Morgan fingerprint density at radius 3 is 2.17 bits per heavy atom. The summed E-state index contributed by atoms with van der Waals surface area (Å²) in [6.07, 6.45) is 0.637. The van der Waals surface area contributed by atoms with Gasteiger partial charge in [-0.25, -0.2) is 4.79 Å². The number of piperazine rings is 1. The highest BCUT2D eigenvalue weighted by atomic mass is 16.6. The van der Waals surface area contributed by atoms with Crippen molar-refractivity contribution in [1.29, 1.82) is 0 Å². The highest BCUT2D eigenvalue weighted by Gasteiger charge is 2.43. The third-order valence-corrected chi connectivity index (χ3v) is 3.36. The maximum atomic E-state index is 12.2. The van der Waals surface area contributed by atoms with Gasteiger partial charge in [0.1, 0.15) is 11.4 Å². The van der Waals surface area contributed by atoms with Crippen LogP contribution in [0, 0.1) is 0 Å². The molecule has 2 heterocycles. The van der Waals surface area contributed by atoms with Gasteiger partial charge in [-0.15, -0.1) is 0 Å². The van der Waals surface area contributed by atoms with Crippen molar-refractivity contribution in [1.82, 2.24) is 9.80 Å². The Kier molecular flexibility index (Phi) is 3.36. The first-order valence-corrected chi connectivity index (χ1v) is 6.48. The smallest absolute Gasteiger partial charge is 0.410 e. The summed E-state index contributed by atoms with van der Waals surface area (Å²) in [7, 11) is 2.03. The number of nitrogens with zero attached hydrogens (tertiary/aromatic N) is 2. The number of carbonyl (C=O) groups is 2. The average molecular weight is 254 g/mol. The molecule has 5 nitrogen and oxygen atoms in total. The lowest BCUT2D eigenvalue weighted by atomic mass is 9.91. The Hall–Kier alpha value is -1.10. The summed E-state index contributed by atoms with van der Waals surface area (Å²) < 4.78 is 5.44. The van der Waals surface area contributed by atoms with E-state index in [4.69, 9.17) is 4.74 Å². The zero-order valence-corrected chi connectivity index (χ0v) is 11.6. The van der Waals surface area contributed by atoms with Crippen LogP contribution in [0.3, 0.4) is 0 Å². The number of Topliss-reactive ketones (excluding diaryl/α,β-unsaturated/α-hetero) is 1. The number of hydrogen-bond acceptors (Lipinski definition) is 4. The third kappa shape index (κ3) is 2.83. The fourth-order valence-corrected chi connectivity index (χ4v) is 2.82. The zero-order chi connectivity index (χ0) is 13.5. The van der Waals surface area contributed by atoms with Gasteiger partial charge in [-0.05, 0) is 27.8 Å². The Morgan fingerprint density at radius 1 is 1.22 bits per heavy atom. The lowest BCUT2D eigenvalue weighted by Crippen LogP contribution is -2.63. The number of ether oxygens (including phenoxy) is 1. The molecule has 0 saturated carbocycles. The maximum absolute atomic E-state index is 12.2. The molecule has 2 aliphatic rings. The second-order valence-corrected chi connectivity index (χ2v) is 6.36. The predicted octanol–water partition coefficient (Wildman–Crippen LogP) is 1.27. The monoisotopic (exact) mass is 254 g/mol. The first-order valence-electron chi connectivity index (χ1n) is 6.48. The molecule has 5 heteroatoms. The highest BCUT2D eigenvalue weighted by Crippen LogP contribution is 2.28. The Morgan fingerprint density at radius 2 is 1.72 bits per heavy atom. The van der Waals surface area contributed by atoms with E-state index in [-0.39, 0.29) is 24.0 Å². The maximum Gasteiger partial charge on any atom is 0.410 e. The molecule has 18 heavy (non-hydrogen) atoms. The minimum Gasteiger partial charge on any atom is -0.444 e. The van der Waals surface area contributed by atoms with Gasteiger partial charge < -0.3 is 9.64 Å². The van der Waals surface area contributed by atoms with Crippen LogP contribution in [-0.2, 0) is 9.53 Å². The van der Waals surface area contributed by atoms with Crippen molar-refractivity contribution in [3.05, 3.63) is 0 Å². The summed E-state index contributed by atoms with van der Waals surface area (Å²) in [5, 5.41) is 0. The second kappa shape index (κ2) is 4.53. The number of carbonyl (C=O) groups excluding carboxylic acids is 2. The molecule has 1 amide bonds. The molecule has 0 aromatic rings. The van der Waals surface area contributed by atoms with E-state index in [1.54, 1.807) is 4.90 Å². The van der Waals surface area contributed by atoms with Crippen molar-refractivity contribution in [3.63, 3.8) is 0 Å². The van der Waals surface area contributed by atoms with Crippen LogP contribution in [0.2, 0.25) is 0 Å². The summed E-state index contributed by atoms with van der Waals surface area (Å²) in [5.41, 5.74) is -0.487. The molecule has 0 aromatic heterocycles. The molecular formula is C13H22N2O3. The Balaban J connectivity index is 2.12. The van der Waals surface area contributed by atoms with E-state index in [1.165, 1.54) is 0 Å². The van der Waals surface area contributed by atoms with Crippen molar-refractivity contribution in [2.24, 2.45) is 0 Å². The van der Waals surface area contributed by atoms with Gasteiger partial charge in [0.2, 0.25) is 0 Å². The number of piperidine rings is 1. The number of likely N-dealkylation sites (tertiary alicyclic amines) is 1. The minimum atomic E-state index is -0.487. The van der Waals surface area contributed by atoms with E-state index in [2.05, 4.69) is 4.90 Å². The van der Waals surface area contributed by atoms with Gasteiger partial charge in [-0.3, -0.25) is 9.69 Å². The molecule has 2 atom stereocenters. The van der Waals surface area contributed by atoms with Crippen LogP contribution in [0.1, 0.15) is 33.6 Å². The van der Waals surface area contributed by atoms with Crippen molar-refractivity contribution in [2.45, 2.75) is 51.3 Å². The number of ketones is 1. The number of fused-ring (bicyclic) bond motifs is 2. The summed E-state index contributed by atoms with van der Waals surface area (Å²) in [6.45, 7) is 7.09. The van der Waals surface area contributed by atoms with Crippen LogP contribution in [0.15, 0.2) is 0 Å². The molecule has 2 saturated heterocycles. The van der Waals surface area contributed by atoms with Gasteiger partial charge in [0.05, 0.1) is 12.1 Å². The first kappa shape index (κ1) is 13.3. The normalized spacial score (nSPS) is 29.3. The van der Waals surface area contributed by atoms with E-state index in [9.17, 15) is 9.59 Å². The van der Waals surface area contributed by atoms with Crippen molar-refractivity contribution in [3.8, 4) is 0 Å². The van der Waals surface area contributed by atoms with Crippen LogP contribution >= 0.6 is 0 Å². The summed E-state index contributed by atoms with van der Waals surface area (Å²) in [5.74, 6) is 0.262. The van der Waals surface area contributed by atoms with E-state index >= 15 is 0 Å². The van der Waals surface area contributed by atoms with Crippen LogP contribution in [0.25, 0.3) is 0 Å². The van der Waals surface area contributed by atoms with E-state index in [1.807, 2.05) is 27.8 Å². The lowest BCUT2D eigenvalue weighted by Gasteiger charge is -2.48. The summed E-state index contributed by atoms with van der Waals surface area (Å²) >= 11 is 0. The Bertz CT molecular complexity index is 344. The first-order chi connectivity index (χ1) is 8.26. The van der Waals surface area contributed by atoms with Gasteiger partial charge in [-0.1, -0.05) is 0 Å². The van der Waals surface area contributed by atoms with Crippen molar-refractivity contribution in [2.75, 3.05) is 20.1 Å². The largest absolute Gasteiger partial charge is 0.444 e. The second-order valence-electron chi connectivity index (χ2n) is 6.36. The number of amides is 1. The molecule has 0 unspecified atom stereocenters. The third-order valence-electron chi connectivity index (χ3n) is 3.36. The van der Waals surface area contributed by atoms with E-state index < -0.39 is 5.60 Å². The topological polar surface area (TPSA) is 49.9 Å². The number of hydrogen-bond donors (Lipinski definition) is 0. The number of likely N-dealkylation sites (N-methyl/N-ethyl adjacent to an activating group) is 1. The standard InChI is InChI=1S/C13H22N2O3/c1-13(2,3)18-12(17)15-9-5-11(16)6-10(15)8-14(4)7-9/h9-10H,5-8H2,1-4H3/t9-,10-/m1/s1. The quantitative estimate of drug-likeness (QED) is 0.653. The molecule has 2 fully saturated rings. The Labute approximate surface area is 108 Å². The fourth-order valence-electron chi connectivity index (χ4n) is 2.82. The molecule has 0 aliphatic carbocycles. The molecular weight excluding hydrogens is 232 g/mol. The molecule has 2 rings (SSSR count). The summed E-state index contributed by atoms with van der Waals surface area (Å²) in [6, 6.07) is -0.0466. The van der Waals surface area contributed by atoms with Gasteiger partial charge in [0.15, 0.2) is 0 Å². The zero-order valence-electron chi connectivity index (χ0n) is 11.6. The van der Waals surface area contributed by atoms with E-state index in [0.717, 1.165) is 13.1 Å². The highest BCUT2D eigenvalue weighted by molar-refractivity contribution is 5.83. The van der Waals surface area contributed by atoms with Crippen LogP contribution in [-0.4, -0.2) is 59.5 Å². The molecule has 0 spiro atoms. The van der Waals surface area contributed by atoms with Gasteiger partial charge in [0, 0.05) is 25.9 Å². The molecule has 0 N–H and O–H groups in total. The molecule has 102 valence electrons. The SMILES string of the molecule is CN1C[C@H]2CC(=O)C[C@H](C1)N2C(=O)OC(C)(C)C. The van der Waals surface area contributed by atoms with Crippen molar-refractivity contribution < 1.29 is 14.3 Å². The number of rotatable bonds is 0. The minimum absolute atomic E-state index is 0.0233. The van der Waals surface area contributed by atoms with Crippen molar-refractivity contribution >= 4 is 11.9 Å². The molecule has 0 aromatic carbocycles.